The van der Waals surface area contributed by atoms with Gasteiger partial charge in [0.2, 0.25) is 0 Å². The molecular formula is C19H19F3N6O3. The largest absolute Gasteiger partial charge is 0.410 e. The highest BCUT2D eigenvalue weighted by molar-refractivity contribution is 6.05. The number of nitrogens with zero attached hydrogens (tertiary/aromatic N) is 4. The zero-order valence-corrected chi connectivity index (χ0v) is 16.1. The van der Waals surface area contributed by atoms with Gasteiger partial charge in [0.25, 0.3) is 5.91 Å². The molecule has 2 bridgehead atoms. The van der Waals surface area contributed by atoms with E-state index in [2.05, 4.69) is 15.3 Å². The number of halogens is 3. The fourth-order valence-electron chi connectivity index (χ4n) is 3.68. The van der Waals surface area contributed by atoms with Gasteiger partial charge >= 0.3 is 12.2 Å². The fraction of sp³-hybridized carbons (Fsp3) is 0.368. The summed E-state index contributed by atoms with van der Waals surface area (Å²) in [4.78, 5) is 37.0. The van der Waals surface area contributed by atoms with Crippen molar-refractivity contribution in [2.45, 2.75) is 24.7 Å². The first-order chi connectivity index (χ1) is 14.8. The van der Waals surface area contributed by atoms with Crippen molar-refractivity contribution in [2.24, 2.45) is 0 Å². The van der Waals surface area contributed by atoms with Crippen LogP contribution in [0.5, 0.6) is 0 Å². The molecule has 4 rings (SSSR count). The van der Waals surface area contributed by atoms with Crippen molar-refractivity contribution in [3.05, 3.63) is 42.4 Å². The Labute approximate surface area is 174 Å². The smallest absolute Gasteiger partial charge is 0.394 e. The van der Waals surface area contributed by atoms with E-state index in [1.54, 1.807) is 29.7 Å². The third kappa shape index (κ3) is 4.10. The molecule has 2 aromatic heterocycles. The van der Waals surface area contributed by atoms with Crippen LogP contribution in [0, 0.1) is 0 Å². The molecule has 0 saturated carbocycles. The Balaban J connectivity index is 1.63. The molecule has 12 heteroatoms. The molecule has 0 aliphatic carbocycles. The van der Waals surface area contributed by atoms with Crippen LogP contribution in [0.1, 0.15) is 16.9 Å². The Hall–Kier alpha value is -3.41. The van der Waals surface area contributed by atoms with Gasteiger partial charge in [-0.3, -0.25) is 14.7 Å². The second kappa shape index (κ2) is 8.02. The van der Waals surface area contributed by atoms with E-state index in [1.807, 2.05) is 4.90 Å². The maximum absolute atomic E-state index is 13.0. The molecule has 4 heterocycles. The molecule has 1 saturated heterocycles. The SMILES string of the molecule is O=C(NC(CO)C(F)(F)F)c1ccc2c(n1)N(C(=O)Nc1cccnc1)[C@H]1CCN2C1. The number of urea groups is 1. The summed E-state index contributed by atoms with van der Waals surface area (Å²) in [5.74, 6) is -0.907. The Morgan fingerprint density at radius 2 is 2.10 bits per heavy atom. The molecule has 164 valence electrons. The highest BCUT2D eigenvalue weighted by Gasteiger charge is 2.42. The zero-order chi connectivity index (χ0) is 22.2. The van der Waals surface area contributed by atoms with E-state index >= 15 is 0 Å². The van der Waals surface area contributed by atoms with Gasteiger partial charge in [-0.05, 0) is 30.7 Å². The lowest BCUT2D eigenvalue weighted by molar-refractivity contribution is -0.161. The first kappa shape index (κ1) is 20.8. The van der Waals surface area contributed by atoms with Crippen molar-refractivity contribution < 1.29 is 27.9 Å². The minimum atomic E-state index is -4.81. The van der Waals surface area contributed by atoms with Crippen molar-refractivity contribution in [3.63, 3.8) is 0 Å². The molecule has 1 unspecified atom stereocenters. The topological polar surface area (TPSA) is 111 Å². The molecule has 3 N–H and O–H groups in total. The van der Waals surface area contributed by atoms with Crippen LogP contribution in [0.4, 0.5) is 35.2 Å². The number of aliphatic hydroxyl groups is 1. The lowest BCUT2D eigenvalue weighted by Gasteiger charge is -2.35. The van der Waals surface area contributed by atoms with Gasteiger partial charge in [0.15, 0.2) is 5.82 Å². The summed E-state index contributed by atoms with van der Waals surface area (Å²) in [5.41, 5.74) is 0.795. The minimum absolute atomic E-state index is 0.190. The van der Waals surface area contributed by atoms with Gasteiger partial charge in [-0.15, -0.1) is 0 Å². The highest BCUT2D eigenvalue weighted by atomic mass is 19.4. The number of aromatic nitrogens is 2. The average molecular weight is 436 g/mol. The third-order valence-electron chi connectivity index (χ3n) is 5.20. The summed E-state index contributed by atoms with van der Waals surface area (Å²) in [6, 6.07) is 3.10. The number of fused-ring (bicyclic) bond motifs is 4. The molecule has 0 radical (unpaired) electrons. The summed E-state index contributed by atoms with van der Waals surface area (Å²) >= 11 is 0. The van der Waals surface area contributed by atoms with E-state index in [9.17, 15) is 22.8 Å². The van der Waals surface area contributed by atoms with Crippen LogP contribution in [-0.4, -0.2) is 65.0 Å². The first-order valence-electron chi connectivity index (χ1n) is 9.52. The standard InChI is InChI=1S/C19H19F3N6O3/c20-19(21,22)15(10-29)26-17(30)13-3-4-14-16(25-13)28(12-5-7-27(14)9-12)18(31)24-11-2-1-6-23-8-11/h1-4,6,8,12,15,29H,5,7,9-10H2,(H,24,31)(H,26,30)/t12-,15?/m0/s1. The minimum Gasteiger partial charge on any atom is -0.394 e. The van der Waals surface area contributed by atoms with Crippen LogP contribution in [0.3, 0.4) is 0 Å². The van der Waals surface area contributed by atoms with E-state index < -0.39 is 30.8 Å². The average Bonchev–Trinajstić information content (AvgIpc) is 3.15. The van der Waals surface area contributed by atoms with Gasteiger partial charge in [-0.25, -0.2) is 9.78 Å². The molecule has 0 aromatic carbocycles. The van der Waals surface area contributed by atoms with E-state index in [-0.39, 0.29) is 17.6 Å². The number of carbonyl (C=O) groups excluding carboxylic acids is 2. The van der Waals surface area contributed by atoms with Gasteiger partial charge in [0, 0.05) is 19.3 Å². The number of amides is 3. The maximum Gasteiger partial charge on any atom is 0.410 e. The van der Waals surface area contributed by atoms with Crippen LogP contribution >= 0.6 is 0 Å². The number of nitrogens with one attached hydrogen (secondary N) is 2. The maximum atomic E-state index is 13.0. The molecule has 9 nitrogen and oxygen atoms in total. The number of hydrogen-bond acceptors (Lipinski definition) is 6. The van der Waals surface area contributed by atoms with Crippen LogP contribution in [-0.2, 0) is 0 Å². The Kier molecular flexibility index (Phi) is 5.39. The Morgan fingerprint density at radius 3 is 2.77 bits per heavy atom. The highest BCUT2D eigenvalue weighted by Crippen LogP contribution is 2.39. The molecule has 2 aromatic rings. The summed E-state index contributed by atoms with van der Waals surface area (Å²) in [6.45, 7) is -0.0285. The lowest BCUT2D eigenvalue weighted by Crippen LogP contribution is -2.49. The van der Waals surface area contributed by atoms with Crippen LogP contribution < -0.4 is 20.4 Å². The molecule has 0 spiro atoms. The van der Waals surface area contributed by atoms with Crippen molar-refractivity contribution in [3.8, 4) is 0 Å². The normalized spacial score (nSPS) is 18.4. The van der Waals surface area contributed by atoms with Crippen LogP contribution in [0.2, 0.25) is 0 Å². The summed E-state index contributed by atoms with van der Waals surface area (Å²) < 4.78 is 38.7. The number of hydrogen-bond donors (Lipinski definition) is 3. The lowest BCUT2D eigenvalue weighted by atomic mass is 10.1. The zero-order valence-electron chi connectivity index (χ0n) is 16.1. The molecule has 1 fully saturated rings. The summed E-state index contributed by atoms with van der Waals surface area (Å²) in [6.07, 6.45) is -1.08. The number of alkyl halides is 3. The molecular weight excluding hydrogens is 417 g/mol. The first-order valence-corrected chi connectivity index (χ1v) is 9.52. The van der Waals surface area contributed by atoms with Gasteiger partial charge in [0.05, 0.1) is 30.2 Å². The van der Waals surface area contributed by atoms with Crippen molar-refractivity contribution >= 4 is 29.1 Å². The molecule has 2 aliphatic rings. The molecule has 2 atom stereocenters. The van der Waals surface area contributed by atoms with Gasteiger partial charge in [0.1, 0.15) is 11.7 Å². The van der Waals surface area contributed by atoms with Gasteiger partial charge in [-0.2, -0.15) is 13.2 Å². The van der Waals surface area contributed by atoms with E-state index in [0.29, 0.717) is 30.9 Å². The fourth-order valence-corrected chi connectivity index (χ4v) is 3.68. The summed E-state index contributed by atoms with van der Waals surface area (Å²) in [5, 5.41) is 13.4. The predicted octanol–water partition coefficient (Wildman–Crippen LogP) is 1.76. The third-order valence-corrected chi connectivity index (χ3v) is 5.20. The van der Waals surface area contributed by atoms with Crippen LogP contribution in [0.25, 0.3) is 0 Å². The van der Waals surface area contributed by atoms with Crippen molar-refractivity contribution in [1.82, 2.24) is 15.3 Å². The van der Waals surface area contributed by atoms with Crippen LogP contribution in [0.15, 0.2) is 36.7 Å². The monoisotopic (exact) mass is 436 g/mol. The molecule has 2 aliphatic heterocycles. The second-order valence-corrected chi connectivity index (χ2v) is 7.22. The van der Waals surface area contributed by atoms with E-state index in [0.717, 1.165) is 0 Å². The molecule has 3 amide bonds. The molecule has 31 heavy (non-hydrogen) atoms. The Morgan fingerprint density at radius 1 is 1.29 bits per heavy atom. The van der Waals surface area contributed by atoms with E-state index in [4.69, 9.17) is 5.11 Å². The number of carbonyl (C=O) groups is 2. The van der Waals surface area contributed by atoms with E-state index in [1.165, 1.54) is 17.2 Å². The number of pyridine rings is 2. The van der Waals surface area contributed by atoms with Gasteiger partial charge in [-0.1, -0.05) is 0 Å². The Bertz CT molecular complexity index is 988. The predicted molar refractivity (Wildman–Crippen MR) is 105 cm³/mol. The van der Waals surface area contributed by atoms with Gasteiger partial charge < -0.3 is 20.6 Å². The number of aliphatic hydroxyl groups excluding tert-OH is 1. The second-order valence-electron chi connectivity index (χ2n) is 7.22. The number of anilines is 3. The number of rotatable bonds is 4. The van der Waals surface area contributed by atoms with Crippen molar-refractivity contribution in [1.29, 1.82) is 0 Å². The quantitative estimate of drug-likeness (QED) is 0.674. The van der Waals surface area contributed by atoms with Crippen molar-refractivity contribution in [2.75, 3.05) is 34.8 Å². The summed E-state index contributed by atoms with van der Waals surface area (Å²) in [7, 11) is 0.